The van der Waals surface area contributed by atoms with E-state index in [0.717, 1.165) is 37.6 Å². The van der Waals surface area contributed by atoms with Crippen molar-refractivity contribution in [1.82, 2.24) is 14.5 Å². The number of rotatable bonds is 5. The van der Waals surface area contributed by atoms with Gasteiger partial charge < -0.3 is 13.7 Å². The molecule has 2 aliphatic rings. The molecule has 0 saturated carbocycles. The lowest BCUT2D eigenvalue weighted by molar-refractivity contribution is 0.160. The van der Waals surface area contributed by atoms with Gasteiger partial charge in [-0.05, 0) is 44.2 Å². The lowest BCUT2D eigenvalue weighted by atomic mass is 10.0. The maximum absolute atomic E-state index is 5.82. The fourth-order valence-corrected chi connectivity index (χ4v) is 3.94. The third kappa shape index (κ3) is 3.08. The van der Waals surface area contributed by atoms with Crippen molar-refractivity contribution in [2.45, 2.75) is 51.3 Å². The average Bonchev–Trinajstić information content (AvgIpc) is 3.27. The van der Waals surface area contributed by atoms with Crippen LogP contribution in [-0.2, 0) is 30.7 Å². The summed E-state index contributed by atoms with van der Waals surface area (Å²) < 4.78 is 13.4. The van der Waals surface area contributed by atoms with Crippen molar-refractivity contribution < 1.29 is 9.15 Å². The van der Waals surface area contributed by atoms with Crippen LogP contribution in [0.25, 0.3) is 0 Å². The Bertz CT molecular complexity index is 661. The number of methoxy groups -OCH3 is 1. The van der Waals surface area contributed by atoms with E-state index in [-0.39, 0.29) is 0 Å². The van der Waals surface area contributed by atoms with E-state index in [1.165, 1.54) is 37.1 Å². The summed E-state index contributed by atoms with van der Waals surface area (Å²) >= 11 is 0. The Morgan fingerprint density at radius 2 is 2.13 bits per heavy atom. The number of aryl methyl sites for hydroxylation is 1. The lowest BCUT2D eigenvalue weighted by Crippen LogP contribution is -2.21. The molecule has 4 rings (SSSR count). The monoisotopic (exact) mass is 315 g/mol. The summed E-state index contributed by atoms with van der Waals surface area (Å²) in [4.78, 5) is 7.13. The Kier molecular flexibility index (Phi) is 4.23. The van der Waals surface area contributed by atoms with Crippen molar-refractivity contribution in [2.24, 2.45) is 0 Å². The van der Waals surface area contributed by atoms with Crippen LogP contribution < -0.4 is 0 Å². The number of ether oxygens (including phenoxy) is 1. The highest BCUT2D eigenvalue weighted by Crippen LogP contribution is 2.29. The van der Waals surface area contributed by atoms with Gasteiger partial charge in [0.25, 0.3) is 0 Å². The topological polar surface area (TPSA) is 43.4 Å². The number of likely N-dealkylation sites (tertiary alicyclic amines) is 1. The molecule has 0 radical (unpaired) electrons. The van der Waals surface area contributed by atoms with Gasteiger partial charge in [0.2, 0.25) is 0 Å². The van der Waals surface area contributed by atoms with E-state index < -0.39 is 0 Å². The first kappa shape index (κ1) is 15.0. The van der Waals surface area contributed by atoms with Crippen LogP contribution in [0.4, 0.5) is 0 Å². The molecule has 124 valence electrons. The molecule has 0 amide bonds. The van der Waals surface area contributed by atoms with E-state index in [1.54, 1.807) is 7.11 Å². The Labute approximate surface area is 137 Å². The third-order valence-corrected chi connectivity index (χ3v) is 5.08. The van der Waals surface area contributed by atoms with E-state index in [2.05, 4.69) is 26.8 Å². The van der Waals surface area contributed by atoms with Crippen LogP contribution in [0.3, 0.4) is 0 Å². The van der Waals surface area contributed by atoms with E-state index in [0.29, 0.717) is 12.6 Å². The zero-order valence-electron chi connectivity index (χ0n) is 13.8. The number of aromatic nitrogens is 2. The molecule has 0 spiro atoms. The van der Waals surface area contributed by atoms with Crippen molar-refractivity contribution in [3.05, 3.63) is 41.4 Å². The highest BCUT2D eigenvalue weighted by atomic mass is 16.5. The Balaban J connectivity index is 1.40. The predicted molar refractivity (Wildman–Crippen MR) is 87.2 cm³/mol. The molecule has 0 aromatic carbocycles. The van der Waals surface area contributed by atoms with Crippen molar-refractivity contribution in [2.75, 3.05) is 20.2 Å². The van der Waals surface area contributed by atoms with Gasteiger partial charge in [-0.1, -0.05) is 0 Å². The number of imidazole rings is 1. The number of hydrogen-bond acceptors (Lipinski definition) is 4. The van der Waals surface area contributed by atoms with Crippen LogP contribution >= 0.6 is 0 Å². The number of hydrogen-bond donors (Lipinski definition) is 0. The van der Waals surface area contributed by atoms with Gasteiger partial charge >= 0.3 is 0 Å². The highest BCUT2D eigenvalue weighted by Gasteiger charge is 2.27. The second-order valence-corrected chi connectivity index (χ2v) is 6.73. The molecule has 0 N–H and O–H groups in total. The SMILES string of the molecule is COCc1ccc(CN2CCC(n3cnc4c3CCCC4)C2)o1. The zero-order valence-corrected chi connectivity index (χ0v) is 13.8. The van der Waals surface area contributed by atoms with Crippen LogP contribution in [-0.4, -0.2) is 34.7 Å². The molecule has 1 saturated heterocycles. The maximum Gasteiger partial charge on any atom is 0.129 e. The average molecular weight is 315 g/mol. The van der Waals surface area contributed by atoms with Crippen LogP contribution in [0.1, 0.15) is 48.2 Å². The first-order valence-electron chi connectivity index (χ1n) is 8.67. The normalized spacial score (nSPS) is 21.7. The second-order valence-electron chi connectivity index (χ2n) is 6.73. The Morgan fingerprint density at radius 1 is 1.26 bits per heavy atom. The number of fused-ring (bicyclic) bond motifs is 1. The minimum Gasteiger partial charge on any atom is -0.462 e. The molecular weight excluding hydrogens is 290 g/mol. The molecule has 3 heterocycles. The molecule has 1 aliphatic carbocycles. The van der Waals surface area contributed by atoms with Gasteiger partial charge in [0.1, 0.15) is 18.1 Å². The minimum atomic E-state index is 0.545. The van der Waals surface area contributed by atoms with Crippen LogP contribution in [0, 0.1) is 0 Å². The maximum atomic E-state index is 5.82. The molecule has 2 aromatic heterocycles. The first-order chi connectivity index (χ1) is 11.3. The van der Waals surface area contributed by atoms with Gasteiger partial charge in [-0.15, -0.1) is 0 Å². The standard InChI is InChI=1S/C18H25N3O2/c1-22-12-16-7-6-15(23-16)11-20-9-8-14(10-20)21-13-19-17-4-2-3-5-18(17)21/h6-7,13-14H,2-5,8-12H2,1H3. The molecule has 1 fully saturated rings. The molecule has 23 heavy (non-hydrogen) atoms. The van der Waals surface area contributed by atoms with Crippen LogP contribution in [0.15, 0.2) is 22.9 Å². The van der Waals surface area contributed by atoms with E-state index in [4.69, 9.17) is 9.15 Å². The predicted octanol–water partition coefficient (Wildman–Crippen LogP) is 2.95. The number of furan rings is 1. The van der Waals surface area contributed by atoms with Gasteiger partial charge in [-0.25, -0.2) is 4.98 Å². The highest BCUT2D eigenvalue weighted by molar-refractivity contribution is 5.17. The van der Waals surface area contributed by atoms with Gasteiger partial charge in [0.15, 0.2) is 0 Å². The third-order valence-electron chi connectivity index (χ3n) is 5.08. The summed E-state index contributed by atoms with van der Waals surface area (Å²) in [7, 11) is 1.69. The van der Waals surface area contributed by atoms with Crippen molar-refractivity contribution in [3.63, 3.8) is 0 Å². The summed E-state index contributed by atoms with van der Waals surface area (Å²) in [6.45, 7) is 3.64. The molecule has 1 unspecified atom stereocenters. The molecule has 5 nitrogen and oxygen atoms in total. The van der Waals surface area contributed by atoms with E-state index in [9.17, 15) is 0 Å². The van der Waals surface area contributed by atoms with Crippen molar-refractivity contribution in [3.8, 4) is 0 Å². The number of nitrogens with zero attached hydrogens (tertiary/aromatic N) is 3. The molecule has 5 heteroatoms. The Hall–Kier alpha value is -1.59. The lowest BCUT2D eigenvalue weighted by Gasteiger charge is -2.19. The van der Waals surface area contributed by atoms with Gasteiger partial charge in [-0.2, -0.15) is 0 Å². The fraction of sp³-hybridized carbons (Fsp3) is 0.611. The van der Waals surface area contributed by atoms with Gasteiger partial charge in [0.05, 0.1) is 18.6 Å². The van der Waals surface area contributed by atoms with Gasteiger partial charge in [0, 0.05) is 31.9 Å². The fourth-order valence-electron chi connectivity index (χ4n) is 3.94. The Morgan fingerprint density at radius 3 is 3.04 bits per heavy atom. The zero-order chi connectivity index (χ0) is 15.6. The largest absolute Gasteiger partial charge is 0.462 e. The van der Waals surface area contributed by atoms with E-state index in [1.807, 2.05) is 6.07 Å². The molecule has 1 aliphatic heterocycles. The van der Waals surface area contributed by atoms with E-state index >= 15 is 0 Å². The minimum absolute atomic E-state index is 0.545. The van der Waals surface area contributed by atoms with Crippen LogP contribution in [0.2, 0.25) is 0 Å². The van der Waals surface area contributed by atoms with Gasteiger partial charge in [-0.3, -0.25) is 4.90 Å². The molecule has 2 aromatic rings. The molecule has 1 atom stereocenters. The van der Waals surface area contributed by atoms with Crippen molar-refractivity contribution >= 4 is 0 Å². The first-order valence-corrected chi connectivity index (χ1v) is 8.67. The molecule has 0 bridgehead atoms. The van der Waals surface area contributed by atoms with Crippen LogP contribution in [0.5, 0.6) is 0 Å². The quantitative estimate of drug-likeness (QED) is 0.851. The molecular formula is C18H25N3O2. The smallest absolute Gasteiger partial charge is 0.129 e. The summed E-state index contributed by atoms with van der Waals surface area (Å²) in [6.07, 6.45) is 8.24. The summed E-state index contributed by atoms with van der Waals surface area (Å²) in [5.41, 5.74) is 2.83. The van der Waals surface area contributed by atoms with Crippen molar-refractivity contribution in [1.29, 1.82) is 0 Å². The second kappa shape index (κ2) is 6.49. The summed E-state index contributed by atoms with van der Waals surface area (Å²) in [5.74, 6) is 1.94. The summed E-state index contributed by atoms with van der Waals surface area (Å²) in [6, 6.07) is 4.65. The summed E-state index contributed by atoms with van der Waals surface area (Å²) in [5, 5.41) is 0.